The number of hydrogen-bond acceptors (Lipinski definition) is 2. The molecule has 1 nitrogen and oxygen atoms in total. The van der Waals surface area contributed by atoms with E-state index in [4.69, 9.17) is 24.8 Å². The molecule has 0 spiro atoms. The van der Waals surface area contributed by atoms with Crippen molar-refractivity contribution in [1.82, 2.24) is 4.90 Å². The van der Waals surface area contributed by atoms with Gasteiger partial charge in [-0.15, -0.1) is 0 Å². The number of rotatable bonds is 2. The molecule has 60 valence electrons. The van der Waals surface area contributed by atoms with Crippen molar-refractivity contribution in [1.29, 1.82) is 0 Å². The molecule has 0 saturated carbocycles. The zero-order chi connectivity index (χ0) is 8.31. The molecule has 0 atom stereocenters. The Morgan fingerprint density at radius 1 is 1.18 bits per heavy atom. The third-order valence-electron chi connectivity index (χ3n) is 1.32. The van der Waals surface area contributed by atoms with Crippen LogP contribution in [0, 0.1) is 0 Å². The Balaban J connectivity index is 0. The van der Waals surface area contributed by atoms with Crippen LogP contribution in [0.5, 0.6) is 0 Å². The largest absolute Gasteiger partial charge is 1.00 e. The van der Waals surface area contributed by atoms with Crippen LogP contribution in [0.25, 0.3) is 0 Å². The minimum Gasteiger partial charge on any atom is -0.411 e. The molecule has 0 aliphatic rings. The number of hydrogen-bond donors (Lipinski definition) is 0. The molecule has 0 bridgehead atoms. The van der Waals surface area contributed by atoms with Crippen molar-refractivity contribution in [3.63, 3.8) is 0 Å². The molecule has 0 saturated heterocycles. The molecule has 0 amide bonds. The summed E-state index contributed by atoms with van der Waals surface area (Å²) in [4.78, 5) is 2.05. The Hall–Kier alpha value is 1.92. The number of nitrogens with zero attached hydrogens (tertiary/aromatic N) is 1. The summed E-state index contributed by atoms with van der Waals surface area (Å²) < 4.78 is 0.574. The molecule has 0 rings (SSSR count). The Morgan fingerprint density at radius 2 is 1.45 bits per heavy atom. The molecule has 0 unspecified atom stereocenters. The first-order valence-corrected chi connectivity index (χ1v) is 4.27. The summed E-state index contributed by atoms with van der Waals surface area (Å²) in [5.41, 5.74) is 0. The van der Waals surface area contributed by atoms with E-state index in [2.05, 4.69) is 27.7 Å². The van der Waals surface area contributed by atoms with Gasteiger partial charge in [0.2, 0.25) is 0 Å². The van der Waals surface area contributed by atoms with Crippen LogP contribution in [0.1, 0.15) is 27.7 Å². The van der Waals surface area contributed by atoms with E-state index in [0.29, 0.717) is 16.4 Å². The van der Waals surface area contributed by atoms with Crippen LogP contribution < -0.4 is 58.2 Å². The smallest absolute Gasteiger partial charge is 0.411 e. The van der Waals surface area contributed by atoms with Gasteiger partial charge in [0.25, 0.3) is 0 Å². The van der Waals surface area contributed by atoms with Gasteiger partial charge in [0.1, 0.15) is 0 Å². The average Bonchev–Trinajstić information content (AvgIpc) is 1.59. The molecule has 0 aromatic rings. The van der Waals surface area contributed by atoms with Crippen LogP contribution >= 0.6 is 12.2 Å². The monoisotopic (exact) mass is 261 g/mol. The SMILES string of the molecule is CC(C)N(C(=S)[S-])C(C)C.[Rb+]. The van der Waals surface area contributed by atoms with Crippen molar-refractivity contribution in [3.05, 3.63) is 0 Å². The second-order valence-corrected chi connectivity index (χ2v) is 3.89. The van der Waals surface area contributed by atoms with Crippen molar-refractivity contribution in [2.45, 2.75) is 39.8 Å². The predicted octanol–water partition coefficient (Wildman–Crippen LogP) is -1.06. The van der Waals surface area contributed by atoms with Crippen LogP contribution in [-0.2, 0) is 12.6 Å². The summed E-state index contributed by atoms with van der Waals surface area (Å²) in [6.45, 7) is 8.38. The van der Waals surface area contributed by atoms with Crippen molar-refractivity contribution in [2.24, 2.45) is 0 Å². The number of thiocarbonyl (C=S) groups is 1. The molecule has 0 aromatic carbocycles. The zero-order valence-electron chi connectivity index (χ0n) is 7.92. The fourth-order valence-corrected chi connectivity index (χ4v) is 1.86. The first kappa shape index (κ1) is 15.4. The van der Waals surface area contributed by atoms with Crippen molar-refractivity contribution in [3.8, 4) is 0 Å². The summed E-state index contributed by atoms with van der Waals surface area (Å²) in [6, 6.07) is 0.843. The second-order valence-electron chi connectivity index (χ2n) is 2.86. The fraction of sp³-hybridized carbons (Fsp3) is 0.857. The Labute approximate surface area is 129 Å². The third kappa shape index (κ3) is 6.05. The van der Waals surface area contributed by atoms with Crippen LogP contribution in [0.2, 0.25) is 0 Å². The first-order valence-electron chi connectivity index (χ1n) is 3.46. The van der Waals surface area contributed by atoms with Gasteiger partial charge in [0, 0.05) is 12.1 Å². The van der Waals surface area contributed by atoms with Gasteiger partial charge < -0.3 is 29.7 Å². The van der Waals surface area contributed by atoms with Gasteiger partial charge in [-0.3, -0.25) is 0 Å². The molecule has 4 heteroatoms. The normalized spacial score (nSPS) is 9.64. The summed E-state index contributed by atoms with van der Waals surface area (Å²) >= 11 is 9.82. The zero-order valence-corrected chi connectivity index (χ0v) is 14.5. The summed E-state index contributed by atoms with van der Waals surface area (Å²) in [5.74, 6) is 0. The van der Waals surface area contributed by atoms with Crippen molar-refractivity contribution >= 4 is 29.2 Å². The van der Waals surface area contributed by atoms with Crippen LogP contribution in [0.4, 0.5) is 0 Å². The van der Waals surface area contributed by atoms with Gasteiger partial charge in [-0.1, -0.05) is 4.32 Å². The minimum absolute atomic E-state index is 0. The Kier molecular flexibility index (Phi) is 10.3. The maximum Gasteiger partial charge on any atom is 1.00 e. The first-order chi connectivity index (χ1) is 4.46. The summed E-state index contributed by atoms with van der Waals surface area (Å²) in [5, 5.41) is 0. The van der Waals surface area contributed by atoms with Gasteiger partial charge in [0.15, 0.2) is 0 Å². The van der Waals surface area contributed by atoms with Crippen LogP contribution in [-0.4, -0.2) is 21.3 Å². The maximum atomic E-state index is 4.91. The Bertz CT molecular complexity index is 118. The van der Waals surface area contributed by atoms with E-state index in [1.54, 1.807) is 0 Å². The molecule has 0 fully saturated rings. The van der Waals surface area contributed by atoms with E-state index in [9.17, 15) is 0 Å². The quantitative estimate of drug-likeness (QED) is 0.461. The predicted molar refractivity (Wildman–Crippen MR) is 52.1 cm³/mol. The van der Waals surface area contributed by atoms with E-state index in [1.165, 1.54) is 0 Å². The fourth-order valence-electron chi connectivity index (χ4n) is 1.02. The minimum atomic E-state index is 0. The van der Waals surface area contributed by atoms with E-state index in [0.717, 1.165) is 0 Å². The van der Waals surface area contributed by atoms with Gasteiger partial charge in [-0.25, -0.2) is 0 Å². The van der Waals surface area contributed by atoms with Crippen LogP contribution in [0.3, 0.4) is 0 Å². The summed E-state index contributed by atoms with van der Waals surface area (Å²) in [7, 11) is 0. The van der Waals surface area contributed by atoms with Crippen molar-refractivity contribution in [2.75, 3.05) is 0 Å². The molecule has 11 heavy (non-hydrogen) atoms. The van der Waals surface area contributed by atoms with E-state index in [1.807, 2.05) is 4.90 Å². The molecular formula is C7H14NRbS2. The molecule has 0 aromatic heterocycles. The molecule has 0 aliphatic heterocycles. The third-order valence-corrected chi connectivity index (χ3v) is 1.75. The van der Waals surface area contributed by atoms with Crippen LogP contribution in [0.15, 0.2) is 0 Å². The van der Waals surface area contributed by atoms with Gasteiger partial charge in [0.05, 0.1) is 0 Å². The van der Waals surface area contributed by atoms with Crippen molar-refractivity contribution < 1.29 is 58.2 Å². The second kappa shape index (κ2) is 7.33. The average molecular weight is 262 g/mol. The van der Waals surface area contributed by atoms with E-state index >= 15 is 0 Å². The van der Waals surface area contributed by atoms with Gasteiger partial charge >= 0.3 is 58.2 Å². The summed E-state index contributed by atoms with van der Waals surface area (Å²) in [6.07, 6.45) is 0. The molecular weight excluding hydrogens is 248 g/mol. The standard InChI is InChI=1S/C7H15NS2.Rb/c1-5(2)8(6(3)4)7(9)10;/h5-6H,1-4H3,(H,9,10);/q;+1/p-1. The van der Waals surface area contributed by atoms with E-state index in [-0.39, 0.29) is 58.2 Å². The van der Waals surface area contributed by atoms with E-state index < -0.39 is 0 Å². The molecule has 0 aliphatic carbocycles. The van der Waals surface area contributed by atoms with Gasteiger partial charge in [-0.2, -0.15) is 0 Å². The molecule has 0 radical (unpaired) electrons. The Morgan fingerprint density at radius 3 is 1.45 bits per heavy atom. The molecule has 0 heterocycles. The topological polar surface area (TPSA) is 3.24 Å². The maximum absolute atomic E-state index is 4.91. The van der Waals surface area contributed by atoms with Gasteiger partial charge in [-0.05, 0) is 27.7 Å². The molecule has 0 N–H and O–H groups in total.